The topological polar surface area (TPSA) is 39.1 Å². The van der Waals surface area contributed by atoms with Gasteiger partial charge in [-0.05, 0) is 18.8 Å². The summed E-state index contributed by atoms with van der Waals surface area (Å²) in [5, 5.41) is 3.46. The maximum atomic E-state index is 5.07. The van der Waals surface area contributed by atoms with Crippen LogP contribution in [0.15, 0.2) is 12.4 Å². The standard InChI is InChI=1S/C14H25N3O/c1-18-12-4-10-17-11-9-16-14(17)15-8-7-13-5-2-3-6-13/h9,11,13H,2-8,10,12H2,1H3,(H,15,16). The lowest BCUT2D eigenvalue weighted by molar-refractivity contribution is 0.190. The summed E-state index contributed by atoms with van der Waals surface area (Å²) in [5.41, 5.74) is 0. The zero-order chi connectivity index (χ0) is 12.6. The van der Waals surface area contributed by atoms with Crippen LogP contribution in [-0.2, 0) is 11.3 Å². The van der Waals surface area contributed by atoms with Crippen molar-refractivity contribution in [2.24, 2.45) is 5.92 Å². The van der Waals surface area contributed by atoms with Gasteiger partial charge in [0.1, 0.15) is 0 Å². The van der Waals surface area contributed by atoms with E-state index in [9.17, 15) is 0 Å². The second-order valence-corrected chi connectivity index (χ2v) is 5.16. The van der Waals surface area contributed by atoms with E-state index in [1.165, 1.54) is 32.1 Å². The number of anilines is 1. The number of imidazole rings is 1. The lowest BCUT2D eigenvalue weighted by Gasteiger charge is -2.12. The third-order valence-corrected chi connectivity index (χ3v) is 3.77. The van der Waals surface area contributed by atoms with Crippen LogP contribution >= 0.6 is 0 Å². The average Bonchev–Trinajstić information content (AvgIpc) is 3.02. The summed E-state index contributed by atoms with van der Waals surface area (Å²) in [7, 11) is 1.74. The van der Waals surface area contributed by atoms with Crippen LogP contribution in [0.25, 0.3) is 0 Å². The summed E-state index contributed by atoms with van der Waals surface area (Å²) in [6.07, 6.45) is 11.9. The Morgan fingerprint density at radius 2 is 2.28 bits per heavy atom. The highest BCUT2D eigenvalue weighted by Crippen LogP contribution is 2.27. The largest absolute Gasteiger partial charge is 0.385 e. The molecule has 1 N–H and O–H groups in total. The molecule has 0 saturated heterocycles. The molecule has 18 heavy (non-hydrogen) atoms. The van der Waals surface area contributed by atoms with Crippen molar-refractivity contribution in [1.29, 1.82) is 0 Å². The van der Waals surface area contributed by atoms with Crippen molar-refractivity contribution in [1.82, 2.24) is 9.55 Å². The molecule has 1 saturated carbocycles. The number of rotatable bonds is 8. The molecular formula is C14H25N3O. The molecular weight excluding hydrogens is 226 g/mol. The average molecular weight is 251 g/mol. The highest BCUT2D eigenvalue weighted by Gasteiger charge is 2.14. The van der Waals surface area contributed by atoms with Crippen LogP contribution in [0.2, 0.25) is 0 Å². The number of ether oxygens (including phenoxy) is 1. The minimum absolute atomic E-state index is 0.805. The molecule has 0 bridgehead atoms. The van der Waals surface area contributed by atoms with Gasteiger partial charge >= 0.3 is 0 Å². The van der Waals surface area contributed by atoms with E-state index in [-0.39, 0.29) is 0 Å². The second kappa shape index (κ2) is 7.41. The maximum absolute atomic E-state index is 5.07. The molecule has 4 nitrogen and oxygen atoms in total. The predicted octanol–water partition coefficient (Wildman–Crippen LogP) is 2.91. The fourth-order valence-corrected chi connectivity index (χ4v) is 2.72. The minimum Gasteiger partial charge on any atom is -0.385 e. The molecule has 1 aromatic rings. The predicted molar refractivity (Wildman–Crippen MR) is 73.8 cm³/mol. The third-order valence-electron chi connectivity index (χ3n) is 3.77. The molecule has 1 heterocycles. The Morgan fingerprint density at radius 3 is 3.06 bits per heavy atom. The SMILES string of the molecule is COCCCn1ccnc1NCCC1CCCC1. The van der Waals surface area contributed by atoms with Gasteiger partial charge in [0.25, 0.3) is 0 Å². The maximum Gasteiger partial charge on any atom is 0.202 e. The number of hydrogen-bond donors (Lipinski definition) is 1. The minimum atomic E-state index is 0.805. The molecule has 102 valence electrons. The van der Waals surface area contributed by atoms with E-state index >= 15 is 0 Å². The Kier molecular flexibility index (Phi) is 5.52. The van der Waals surface area contributed by atoms with Crippen molar-refractivity contribution in [3.63, 3.8) is 0 Å². The fourth-order valence-electron chi connectivity index (χ4n) is 2.72. The summed E-state index contributed by atoms with van der Waals surface area (Å²) in [4.78, 5) is 4.37. The molecule has 0 aliphatic heterocycles. The molecule has 0 radical (unpaired) electrons. The number of hydrogen-bond acceptors (Lipinski definition) is 3. The van der Waals surface area contributed by atoms with Gasteiger partial charge < -0.3 is 14.6 Å². The smallest absolute Gasteiger partial charge is 0.202 e. The summed E-state index contributed by atoms with van der Waals surface area (Å²) in [6.45, 7) is 2.82. The van der Waals surface area contributed by atoms with Gasteiger partial charge in [-0.3, -0.25) is 0 Å². The lowest BCUT2D eigenvalue weighted by atomic mass is 10.0. The molecule has 1 aromatic heterocycles. The lowest BCUT2D eigenvalue weighted by Crippen LogP contribution is -2.12. The van der Waals surface area contributed by atoms with E-state index in [2.05, 4.69) is 14.9 Å². The van der Waals surface area contributed by atoms with Crippen molar-refractivity contribution in [2.75, 3.05) is 25.6 Å². The summed E-state index contributed by atoms with van der Waals surface area (Å²) >= 11 is 0. The molecule has 1 aliphatic carbocycles. The number of aryl methyl sites for hydroxylation is 1. The Morgan fingerprint density at radius 1 is 1.44 bits per heavy atom. The van der Waals surface area contributed by atoms with Gasteiger partial charge in [0, 0.05) is 39.2 Å². The van der Waals surface area contributed by atoms with Crippen molar-refractivity contribution in [2.45, 2.75) is 45.1 Å². The van der Waals surface area contributed by atoms with Crippen LogP contribution in [0.1, 0.15) is 38.5 Å². The monoisotopic (exact) mass is 251 g/mol. The van der Waals surface area contributed by atoms with E-state index in [1.54, 1.807) is 7.11 Å². The second-order valence-electron chi connectivity index (χ2n) is 5.16. The van der Waals surface area contributed by atoms with E-state index in [1.807, 2.05) is 12.4 Å². The molecule has 2 rings (SSSR count). The van der Waals surface area contributed by atoms with Crippen LogP contribution in [0.3, 0.4) is 0 Å². The molecule has 1 fully saturated rings. The van der Waals surface area contributed by atoms with E-state index in [4.69, 9.17) is 4.74 Å². The summed E-state index contributed by atoms with van der Waals surface area (Å²) in [6, 6.07) is 0. The molecule has 0 unspecified atom stereocenters. The number of methoxy groups -OCH3 is 1. The first-order valence-electron chi connectivity index (χ1n) is 7.14. The molecule has 0 spiro atoms. The Balaban J connectivity index is 1.69. The van der Waals surface area contributed by atoms with Gasteiger partial charge in [-0.1, -0.05) is 25.7 Å². The third kappa shape index (κ3) is 4.02. The van der Waals surface area contributed by atoms with Crippen molar-refractivity contribution in [3.8, 4) is 0 Å². The molecule has 0 aromatic carbocycles. The molecule has 4 heteroatoms. The highest BCUT2D eigenvalue weighted by molar-refractivity contribution is 5.25. The van der Waals surface area contributed by atoms with Crippen LogP contribution in [-0.4, -0.2) is 29.8 Å². The molecule has 0 amide bonds. The zero-order valence-corrected chi connectivity index (χ0v) is 11.4. The van der Waals surface area contributed by atoms with Crippen LogP contribution < -0.4 is 5.32 Å². The molecule has 0 atom stereocenters. The first-order chi connectivity index (χ1) is 8.90. The molecule has 1 aliphatic rings. The first kappa shape index (κ1) is 13.4. The highest BCUT2D eigenvalue weighted by atomic mass is 16.5. The normalized spacial score (nSPS) is 16.3. The van der Waals surface area contributed by atoms with Crippen molar-refractivity contribution < 1.29 is 4.74 Å². The van der Waals surface area contributed by atoms with Gasteiger partial charge in [-0.15, -0.1) is 0 Å². The summed E-state index contributed by atoms with van der Waals surface area (Å²) < 4.78 is 7.25. The number of aromatic nitrogens is 2. The Bertz CT molecular complexity index is 332. The van der Waals surface area contributed by atoms with E-state index in [0.717, 1.165) is 38.0 Å². The Hall–Kier alpha value is -1.03. The van der Waals surface area contributed by atoms with Crippen molar-refractivity contribution >= 4 is 5.95 Å². The van der Waals surface area contributed by atoms with Crippen molar-refractivity contribution in [3.05, 3.63) is 12.4 Å². The van der Waals surface area contributed by atoms with Crippen LogP contribution in [0.4, 0.5) is 5.95 Å². The summed E-state index contributed by atoms with van der Waals surface area (Å²) in [5.74, 6) is 1.94. The van der Waals surface area contributed by atoms with Gasteiger partial charge in [-0.25, -0.2) is 4.98 Å². The van der Waals surface area contributed by atoms with Gasteiger partial charge in [0.15, 0.2) is 0 Å². The van der Waals surface area contributed by atoms with E-state index in [0.29, 0.717) is 0 Å². The van der Waals surface area contributed by atoms with E-state index < -0.39 is 0 Å². The Labute approximate surface area is 110 Å². The van der Waals surface area contributed by atoms with Gasteiger partial charge in [-0.2, -0.15) is 0 Å². The van der Waals surface area contributed by atoms with Gasteiger partial charge in [0.2, 0.25) is 5.95 Å². The number of nitrogens with zero attached hydrogens (tertiary/aromatic N) is 2. The number of nitrogens with one attached hydrogen (secondary N) is 1. The first-order valence-corrected chi connectivity index (χ1v) is 7.14. The fraction of sp³-hybridized carbons (Fsp3) is 0.786. The van der Waals surface area contributed by atoms with Crippen LogP contribution in [0.5, 0.6) is 0 Å². The van der Waals surface area contributed by atoms with Gasteiger partial charge in [0.05, 0.1) is 0 Å². The zero-order valence-electron chi connectivity index (χ0n) is 11.4. The quantitative estimate of drug-likeness (QED) is 0.722. The van der Waals surface area contributed by atoms with Crippen LogP contribution in [0, 0.1) is 5.92 Å².